The van der Waals surface area contributed by atoms with Crippen LogP contribution in [0.3, 0.4) is 0 Å². The quantitative estimate of drug-likeness (QED) is 0.389. The minimum atomic E-state index is -0.286. The molecule has 0 bridgehead atoms. The minimum Gasteiger partial charge on any atom is -0.495 e. The van der Waals surface area contributed by atoms with Crippen LogP contribution >= 0.6 is 23.4 Å². The van der Waals surface area contributed by atoms with Crippen LogP contribution in [-0.2, 0) is 17.1 Å². The predicted molar refractivity (Wildman–Crippen MR) is 120 cm³/mol. The van der Waals surface area contributed by atoms with Crippen molar-refractivity contribution in [1.29, 1.82) is 0 Å². The van der Waals surface area contributed by atoms with Crippen molar-refractivity contribution >= 4 is 46.0 Å². The smallest absolute Gasteiger partial charge is 0.244 e. The number of ether oxygens (including phenoxy) is 1. The Labute approximate surface area is 187 Å². The van der Waals surface area contributed by atoms with Crippen LogP contribution in [0.15, 0.2) is 66.1 Å². The van der Waals surface area contributed by atoms with Crippen LogP contribution in [0.4, 0.5) is 10.1 Å². The largest absolute Gasteiger partial charge is 0.495 e. The van der Waals surface area contributed by atoms with Crippen molar-refractivity contribution in [2.75, 3.05) is 12.4 Å². The van der Waals surface area contributed by atoms with E-state index >= 15 is 0 Å². The van der Waals surface area contributed by atoms with Crippen LogP contribution in [0.2, 0.25) is 5.02 Å². The standard InChI is InChI=1S/C22H18ClFN4O2S/c1-30-20-6-5-15(23)10-18(20)26-21(29)12-28-19-11-25-8-7-17(19)27-22(28)31-13-14-3-2-4-16(24)9-14/h2-11H,12-13H2,1H3,(H,26,29). The molecule has 0 aliphatic heterocycles. The number of carbonyl (C=O) groups is 1. The highest BCUT2D eigenvalue weighted by molar-refractivity contribution is 7.98. The van der Waals surface area contributed by atoms with Crippen LogP contribution < -0.4 is 10.1 Å². The first-order valence-corrected chi connectivity index (χ1v) is 10.7. The van der Waals surface area contributed by atoms with Gasteiger partial charge in [0.25, 0.3) is 0 Å². The number of imidazole rings is 1. The van der Waals surface area contributed by atoms with E-state index in [0.29, 0.717) is 27.4 Å². The highest BCUT2D eigenvalue weighted by Crippen LogP contribution is 2.29. The average Bonchev–Trinajstić information content (AvgIpc) is 3.10. The fraction of sp³-hybridized carbons (Fsp3) is 0.136. The molecule has 2 aromatic heterocycles. The zero-order valence-electron chi connectivity index (χ0n) is 16.5. The number of nitrogens with zero attached hydrogens (tertiary/aromatic N) is 3. The fourth-order valence-corrected chi connectivity index (χ4v) is 4.23. The Morgan fingerprint density at radius 3 is 2.94 bits per heavy atom. The lowest BCUT2D eigenvalue weighted by molar-refractivity contribution is -0.116. The molecular formula is C22H18ClFN4O2S. The van der Waals surface area contributed by atoms with Gasteiger partial charge in [-0.05, 0) is 42.0 Å². The molecular weight excluding hydrogens is 439 g/mol. The van der Waals surface area contributed by atoms with Gasteiger partial charge in [-0.1, -0.05) is 35.5 Å². The average molecular weight is 457 g/mol. The van der Waals surface area contributed by atoms with Gasteiger partial charge < -0.3 is 14.6 Å². The van der Waals surface area contributed by atoms with Crippen molar-refractivity contribution in [3.8, 4) is 5.75 Å². The summed E-state index contributed by atoms with van der Waals surface area (Å²) in [6.45, 7) is 0.0172. The van der Waals surface area contributed by atoms with Crippen molar-refractivity contribution in [2.45, 2.75) is 17.5 Å². The number of rotatable bonds is 7. The number of aromatic nitrogens is 3. The van der Waals surface area contributed by atoms with Crippen molar-refractivity contribution in [2.24, 2.45) is 0 Å². The second kappa shape index (κ2) is 9.36. The van der Waals surface area contributed by atoms with Crippen molar-refractivity contribution in [3.63, 3.8) is 0 Å². The molecule has 4 rings (SSSR count). The predicted octanol–water partition coefficient (Wildman–Crippen LogP) is 5.16. The molecule has 31 heavy (non-hydrogen) atoms. The molecule has 0 saturated carbocycles. The maximum Gasteiger partial charge on any atom is 0.244 e. The number of anilines is 1. The lowest BCUT2D eigenvalue weighted by Crippen LogP contribution is -2.19. The van der Waals surface area contributed by atoms with Crippen LogP contribution in [0.1, 0.15) is 5.56 Å². The summed E-state index contributed by atoms with van der Waals surface area (Å²) < 4.78 is 20.6. The monoisotopic (exact) mass is 456 g/mol. The van der Waals surface area contributed by atoms with E-state index in [2.05, 4.69) is 15.3 Å². The van der Waals surface area contributed by atoms with Crippen molar-refractivity contribution < 1.29 is 13.9 Å². The van der Waals surface area contributed by atoms with Gasteiger partial charge in [0, 0.05) is 17.0 Å². The summed E-state index contributed by atoms with van der Waals surface area (Å²) in [7, 11) is 1.52. The Kier molecular flexibility index (Phi) is 6.39. The first-order valence-electron chi connectivity index (χ1n) is 9.34. The molecule has 0 aliphatic rings. The number of hydrogen-bond acceptors (Lipinski definition) is 5. The van der Waals surface area contributed by atoms with E-state index in [1.54, 1.807) is 47.3 Å². The van der Waals surface area contributed by atoms with Gasteiger partial charge in [0.1, 0.15) is 18.1 Å². The Morgan fingerprint density at radius 2 is 2.13 bits per heavy atom. The van der Waals surface area contributed by atoms with Gasteiger partial charge in [-0.15, -0.1) is 0 Å². The minimum absolute atomic E-state index is 0.0172. The number of thioether (sulfide) groups is 1. The summed E-state index contributed by atoms with van der Waals surface area (Å²) >= 11 is 7.48. The summed E-state index contributed by atoms with van der Waals surface area (Å²) in [4.78, 5) is 21.6. The second-order valence-corrected chi connectivity index (χ2v) is 8.04. The number of benzene rings is 2. The van der Waals surface area contributed by atoms with E-state index in [-0.39, 0.29) is 18.3 Å². The topological polar surface area (TPSA) is 69.0 Å². The van der Waals surface area contributed by atoms with Gasteiger partial charge in [-0.2, -0.15) is 0 Å². The molecule has 9 heteroatoms. The van der Waals surface area contributed by atoms with Gasteiger partial charge in [0.15, 0.2) is 5.16 Å². The Bertz CT molecular complexity index is 1250. The van der Waals surface area contributed by atoms with E-state index in [4.69, 9.17) is 16.3 Å². The SMILES string of the molecule is COc1ccc(Cl)cc1NC(=O)Cn1c(SCc2cccc(F)c2)nc2ccncc21. The molecule has 0 atom stereocenters. The first-order chi connectivity index (χ1) is 15.0. The lowest BCUT2D eigenvalue weighted by Gasteiger charge is -2.12. The van der Waals surface area contributed by atoms with Gasteiger partial charge in [0.2, 0.25) is 5.91 Å². The number of nitrogens with one attached hydrogen (secondary N) is 1. The van der Waals surface area contributed by atoms with Gasteiger partial charge in [0.05, 0.1) is 30.0 Å². The highest BCUT2D eigenvalue weighted by atomic mass is 35.5. The highest BCUT2D eigenvalue weighted by Gasteiger charge is 2.16. The molecule has 1 N–H and O–H groups in total. The van der Waals surface area contributed by atoms with Crippen molar-refractivity contribution in [3.05, 3.63) is 77.3 Å². The van der Waals surface area contributed by atoms with E-state index in [1.807, 2.05) is 6.07 Å². The summed E-state index contributed by atoms with van der Waals surface area (Å²) in [5, 5.41) is 3.96. The molecule has 2 heterocycles. The Balaban J connectivity index is 1.58. The lowest BCUT2D eigenvalue weighted by atomic mass is 10.2. The third-order valence-corrected chi connectivity index (χ3v) is 5.79. The van der Waals surface area contributed by atoms with Crippen LogP contribution in [0, 0.1) is 5.82 Å². The number of fused-ring (bicyclic) bond motifs is 1. The number of amides is 1. The van der Waals surface area contributed by atoms with Crippen LogP contribution in [0.5, 0.6) is 5.75 Å². The van der Waals surface area contributed by atoms with Gasteiger partial charge in [-0.3, -0.25) is 9.78 Å². The molecule has 0 radical (unpaired) electrons. The van der Waals surface area contributed by atoms with Gasteiger partial charge in [-0.25, -0.2) is 9.37 Å². The van der Waals surface area contributed by atoms with E-state index < -0.39 is 0 Å². The van der Waals surface area contributed by atoms with Gasteiger partial charge >= 0.3 is 0 Å². The van der Waals surface area contributed by atoms with Crippen LogP contribution in [0.25, 0.3) is 11.0 Å². The normalized spacial score (nSPS) is 10.9. The van der Waals surface area contributed by atoms with E-state index in [0.717, 1.165) is 16.6 Å². The molecule has 0 aliphatic carbocycles. The summed E-state index contributed by atoms with van der Waals surface area (Å²) in [6.07, 6.45) is 3.32. The molecule has 4 aromatic rings. The molecule has 6 nitrogen and oxygen atoms in total. The third kappa shape index (κ3) is 4.98. The molecule has 1 amide bonds. The zero-order valence-corrected chi connectivity index (χ0v) is 18.1. The Morgan fingerprint density at radius 1 is 1.26 bits per heavy atom. The first kappa shape index (κ1) is 21.1. The summed E-state index contributed by atoms with van der Waals surface area (Å²) in [6, 6.07) is 13.2. The van der Waals surface area contributed by atoms with Crippen LogP contribution in [-0.4, -0.2) is 27.6 Å². The molecule has 158 valence electrons. The van der Waals surface area contributed by atoms with E-state index in [9.17, 15) is 9.18 Å². The summed E-state index contributed by atoms with van der Waals surface area (Å²) in [5.74, 6) is 0.468. The molecule has 0 spiro atoms. The number of methoxy groups -OCH3 is 1. The molecule has 0 unspecified atom stereocenters. The maximum absolute atomic E-state index is 13.5. The maximum atomic E-state index is 13.5. The fourth-order valence-electron chi connectivity index (χ4n) is 3.10. The zero-order chi connectivity index (χ0) is 21.8. The second-order valence-electron chi connectivity index (χ2n) is 6.66. The third-order valence-electron chi connectivity index (χ3n) is 4.51. The van der Waals surface area contributed by atoms with E-state index in [1.165, 1.54) is 31.0 Å². The molecule has 0 saturated heterocycles. The number of halogens is 2. The summed E-state index contributed by atoms with van der Waals surface area (Å²) in [5.41, 5.74) is 2.77. The molecule has 0 fully saturated rings. The number of pyridine rings is 1. The number of hydrogen-bond donors (Lipinski definition) is 1. The molecule has 2 aromatic carbocycles. The Hall–Kier alpha value is -3.10. The number of carbonyl (C=O) groups excluding carboxylic acids is 1. The van der Waals surface area contributed by atoms with Crippen molar-refractivity contribution in [1.82, 2.24) is 14.5 Å².